The number of amides is 3. The normalized spacial score (nSPS) is 18.8. The van der Waals surface area contributed by atoms with Crippen molar-refractivity contribution in [3.63, 3.8) is 0 Å². The summed E-state index contributed by atoms with van der Waals surface area (Å²) < 4.78 is 21.0. The van der Waals surface area contributed by atoms with Gasteiger partial charge in [-0.1, -0.05) is 24.3 Å². The SMILES string of the molecule is CC(C)(Oc1cc(N2CCCC(C(=O)N(Cc3ccc(-c4cn[nH]c4)cc3)C3CC3)C2)ccc1F)C(=O)N1CCN(C(=O)O)CC1. The molecule has 1 saturated carbocycles. The highest BCUT2D eigenvalue weighted by molar-refractivity contribution is 5.85. The van der Waals surface area contributed by atoms with Crippen LogP contribution in [0.1, 0.15) is 45.1 Å². The number of aromatic amines is 1. The van der Waals surface area contributed by atoms with Crippen LogP contribution in [0.15, 0.2) is 54.9 Å². The summed E-state index contributed by atoms with van der Waals surface area (Å²) in [5.74, 6) is -0.978. The fraction of sp³-hybridized carbons (Fsp3) is 0.471. The summed E-state index contributed by atoms with van der Waals surface area (Å²) >= 11 is 0. The number of halogens is 1. The van der Waals surface area contributed by atoms with E-state index < -0.39 is 17.5 Å². The third-order valence-corrected chi connectivity index (χ3v) is 9.18. The molecule has 2 aliphatic heterocycles. The third kappa shape index (κ3) is 6.95. The highest BCUT2D eigenvalue weighted by atomic mass is 19.1. The topological polar surface area (TPSA) is 122 Å². The van der Waals surface area contributed by atoms with Crippen LogP contribution >= 0.6 is 0 Å². The number of benzene rings is 2. The smallest absolute Gasteiger partial charge is 0.407 e. The molecule has 1 atom stereocenters. The minimum absolute atomic E-state index is 0.0352. The number of carboxylic acid groups (broad SMARTS) is 1. The molecule has 2 saturated heterocycles. The lowest BCUT2D eigenvalue weighted by atomic mass is 9.95. The maximum atomic E-state index is 15.0. The van der Waals surface area contributed by atoms with Crippen LogP contribution in [-0.4, -0.2) is 98.8 Å². The molecule has 3 aliphatic rings. The van der Waals surface area contributed by atoms with Crippen LogP contribution in [0.3, 0.4) is 0 Å². The predicted octanol–water partition coefficient (Wildman–Crippen LogP) is 4.60. The van der Waals surface area contributed by atoms with Crippen LogP contribution in [-0.2, 0) is 16.1 Å². The number of hydrogen-bond donors (Lipinski definition) is 2. The monoisotopic (exact) mass is 632 g/mol. The van der Waals surface area contributed by atoms with Crippen molar-refractivity contribution in [3.05, 3.63) is 66.2 Å². The van der Waals surface area contributed by atoms with Crippen molar-refractivity contribution < 1.29 is 28.6 Å². The summed E-state index contributed by atoms with van der Waals surface area (Å²) in [4.78, 5) is 45.4. The summed E-state index contributed by atoms with van der Waals surface area (Å²) in [6.45, 7) is 5.92. The molecule has 0 bridgehead atoms. The summed E-state index contributed by atoms with van der Waals surface area (Å²) in [5, 5.41) is 16.1. The van der Waals surface area contributed by atoms with Gasteiger partial charge in [0.15, 0.2) is 17.2 Å². The van der Waals surface area contributed by atoms with Crippen molar-refractivity contribution in [2.24, 2.45) is 5.92 Å². The zero-order chi connectivity index (χ0) is 32.4. The molecule has 1 aromatic heterocycles. The molecule has 6 rings (SSSR count). The Labute approximate surface area is 267 Å². The first-order valence-electron chi connectivity index (χ1n) is 16.0. The minimum atomic E-state index is -1.37. The molecule has 244 valence electrons. The predicted molar refractivity (Wildman–Crippen MR) is 170 cm³/mol. The average Bonchev–Trinajstić information content (AvgIpc) is 3.76. The molecule has 3 heterocycles. The van der Waals surface area contributed by atoms with E-state index in [9.17, 15) is 19.5 Å². The highest BCUT2D eigenvalue weighted by Gasteiger charge is 2.39. The fourth-order valence-electron chi connectivity index (χ4n) is 6.40. The van der Waals surface area contributed by atoms with Gasteiger partial charge in [0.1, 0.15) is 0 Å². The van der Waals surface area contributed by atoms with E-state index in [1.165, 1.54) is 11.0 Å². The van der Waals surface area contributed by atoms with Crippen LogP contribution in [0.5, 0.6) is 5.75 Å². The van der Waals surface area contributed by atoms with Crippen molar-refractivity contribution in [2.45, 2.75) is 57.7 Å². The Balaban J connectivity index is 1.10. The summed E-state index contributed by atoms with van der Waals surface area (Å²) in [6, 6.07) is 13.2. The van der Waals surface area contributed by atoms with E-state index in [0.29, 0.717) is 13.1 Å². The van der Waals surface area contributed by atoms with Gasteiger partial charge in [0.25, 0.3) is 5.91 Å². The Kier molecular flexibility index (Phi) is 8.88. The second kappa shape index (κ2) is 13.0. The Morgan fingerprint density at radius 3 is 2.37 bits per heavy atom. The molecular formula is C34H41FN6O5. The molecule has 0 spiro atoms. The van der Waals surface area contributed by atoms with Gasteiger partial charge in [-0.3, -0.25) is 14.7 Å². The van der Waals surface area contributed by atoms with E-state index in [0.717, 1.165) is 54.6 Å². The second-order valence-electron chi connectivity index (χ2n) is 13.0. The van der Waals surface area contributed by atoms with E-state index in [2.05, 4.69) is 39.4 Å². The number of rotatable bonds is 9. The van der Waals surface area contributed by atoms with Gasteiger partial charge in [-0.25, -0.2) is 9.18 Å². The molecule has 1 unspecified atom stereocenters. The first-order chi connectivity index (χ1) is 22.1. The Hall–Kier alpha value is -4.61. The van der Waals surface area contributed by atoms with Gasteiger partial charge >= 0.3 is 6.09 Å². The third-order valence-electron chi connectivity index (χ3n) is 9.18. The summed E-state index contributed by atoms with van der Waals surface area (Å²) in [7, 11) is 0. The number of H-pyrrole nitrogens is 1. The van der Waals surface area contributed by atoms with Crippen LogP contribution in [0, 0.1) is 11.7 Å². The van der Waals surface area contributed by atoms with Gasteiger partial charge in [0, 0.05) is 75.4 Å². The average molecular weight is 633 g/mol. The van der Waals surface area contributed by atoms with Crippen molar-refractivity contribution in [1.29, 1.82) is 0 Å². The maximum absolute atomic E-state index is 15.0. The number of nitrogens with one attached hydrogen (secondary N) is 1. The Morgan fingerprint density at radius 2 is 1.72 bits per heavy atom. The van der Waals surface area contributed by atoms with Gasteiger partial charge < -0.3 is 29.4 Å². The van der Waals surface area contributed by atoms with Gasteiger partial charge in [0.05, 0.1) is 12.1 Å². The molecule has 3 amide bonds. The van der Waals surface area contributed by atoms with E-state index in [1.54, 1.807) is 37.1 Å². The van der Waals surface area contributed by atoms with Gasteiger partial charge in [0.2, 0.25) is 5.91 Å². The highest BCUT2D eigenvalue weighted by Crippen LogP contribution is 2.34. The molecule has 3 fully saturated rings. The van der Waals surface area contributed by atoms with E-state index in [-0.39, 0.29) is 55.7 Å². The van der Waals surface area contributed by atoms with E-state index >= 15 is 4.39 Å². The van der Waals surface area contributed by atoms with E-state index in [4.69, 9.17) is 4.74 Å². The number of carbonyl (C=O) groups is 3. The molecule has 12 heteroatoms. The van der Waals surface area contributed by atoms with Crippen LogP contribution in [0.4, 0.5) is 14.9 Å². The lowest BCUT2D eigenvalue weighted by Gasteiger charge is -2.38. The number of anilines is 1. The maximum Gasteiger partial charge on any atom is 0.407 e. The van der Waals surface area contributed by atoms with Crippen molar-refractivity contribution in [3.8, 4) is 16.9 Å². The summed E-state index contributed by atoms with van der Waals surface area (Å²) in [5.41, 5.74) is 2.54. The molecule has 0 radical (unpaired) electrons. The number of piperazine rings is 1. The van der Waals surface area contributed by atoms with Crippen molar-refractivity contribution >= 4 is 23.6 Å². The minimum Gasteiger partial charge on any atom is -0.475 e. The van der Waals surface area contributed by atoms with E-state index in [1.807, 2.05) is 11.1 Å². The van der Waals surface area contributed by atoms with Gasteiger partial charge in [-0.2, -0.15) is 5.10 Å². The fourth-order valence-corrected chi connectivity index (χ4v) is 6.40. The van der Waals surface area contributed by atoms with Gasteiger partial charge in [-0.15, -0.1) is 0 Å². The lowest BCUT2D eigenvalue weighted by molar-refractivity contribution is -0.147. The largest absolute Gasteiger partial charge is 0.475 e. The van der Waals surface area contributed by atoms with Crippen molar-refractivity contribution in [2.75, 3.05) is 44.2 Å². The first kappa shape index (κ1) is 31.4. The van der Waals surface area contributed by atoms with Gasteiger partial charge in [-0.05, 0) is 62.8 Å². The number of aromatic nitrogens is 2. The lowest BCUT2D eigenvalue weighted by Crippen LogP contribution is -2.56. The van der Waals surface area contributed by atoms with Crippen molar-refractivity contribution in [1.82, 2.24) is 24.9 Å². The molecule has 2 N–H and O–H groups in total. The molecule has 11 nitrogen and oxygen atoms in total. The second-order valence-corrected chi connectivity index (χ2v) is 13.0. The molecule has 1 aliphatic carbocycles. The molecule has 3 aromatic rings. The molecular weight excluding hydrogens is 591 g/mol. The number of nitrogens with zero attached hydrogens (tertiary/aromatic N) is 5. The standard InChI is InChI=1S/C34H41FN6O5/c1-34(2,32(43)38-14-16-39(17-15-38)33(44)45)46-30-18-28(11-12-29(30)35)40-13-3-4-25(22-40)31(42)41(27-9-10-27)21-23-5-7-24(8-6-23)26-19-36-37-20-26/h5-8,11-12,18-20,25,27H,3-4,9-10,13-17,21-22H2,1-2H3,(H,36,37)(H,44,45). The Bertz CT molecular complexity index is 1550. The first-order valence-corrected chi connectivity index (χ1v) is 16.0. The van der Waals surface area contributed by atoms with Crippen LogP contribution in [0.2, 0.25) is 0 Å². The summed E-state index contributed by atoms with van der Waals surface area (Å²) in [6.07, 6.45) is 6.27. The number of carbonyl (C=O) groups excluding carboxylic acids is 2. The number of piperidine rings is 1. The Morgan fingerprint density at radius 1 is 1.00 bits per heavy atom. The molecule has 2 aromatic carbocycles. The zero-order valence-corrected chi connectivity index (χ0v) is 26.3. The van der Waals surface area contributed by atoms with Crippen LogP contribution < -0.4 is 9.64 Å². The quantitative estimate of drug-likeness (QED) is 0.354. The number of ether oxygens (including phenoxy) is 1. The van der Waals surface area contributed by atoms with Crippen LogP contribution in [0.25, 0.3) is 11.1 Å². The number of hydrogen-bond acceptors (Lipinski definition) is 6. The molecule has 46 heavy (non-hydrogen) atoms. The zero-order valence-electron chi connectivity index (χ0n) is 26.3.